The zero-order valence-corrected chi connectivity index (χ0v) is 13.3. The summed E-state index contributed by atoms with van der Waals surface area (Å²) in [6, 6.07) is 0.372. The number of carbonyl (C=O) groups excluding carboxylic acids is 1. The normalized spacial score (nSPS) is 18.6. The molecular weight excluding hydrogens is 236 g/mol. The lowest BCUT2D eigenvalue weighted by Crippen LogP contribution is -2.46. The van der Waals surface area contributed by atoms with Gasteiger partial charge in [0.2, 0.25) is 5.91 Å². The van der Waals surface area contributed by atoms with Crippen LogP contribution >= 0.6 is 0 Å². The molecule has 0 aromatic carbocycles. The van der Waals surface area contributed by atoms with Crippen LogP contribution in [0.2, 0.25) is 0 Å². The largest absolute Gasteiger partial charge is 0.339 e. The van der Waals surface area contributed by atoms with Crippen LogP contribution in [0.15, 0.2) is 0 Å². The number of hydrogen-bond donors (Lipinski definition) is 0. The third-order valence-electron chi connectivity index (χ3n) is 3.94. The third-order valence-corrected chi connectivity index (χ3v) is 3.94. The predicted octanol–water partition coefficient (Wildman–Crippen LogP) is 3.15. The summed E-state index contributed by atoms with van der Waals surface area (Å²) in [5, 5.41) is 0. The molecule has 1 atom stereocenters. The Morgan fingerprint density at radius 1 is 1.16 bits per heavy atom. The van der Waals surface area contributed by atoms with Gasteiger partial charge in [0, 0.05) is 12.6 Å². The van der Waals surface area contributed by atoms with E-state index in [4.69, 9.17) is 0 Å². The molecule has 3 nitrogen and oxygen atoms in total. The highest BCUT2D eigenvalue weighted by molar-refractivity contribution is 5.78. The summed E-state index contributed by atoms with van der Waals surface area (Å²) < 4.78 is 0. The van der Waals surface area contributed by atoms with Gasteiger partial charge in [-0.3, -0.25) is 9.69 Å². The maximum atomic E-state index is 12.5. The number of rotatable bonds is 7. The van der Waals surface area contributed by atoms with Crippen molar-refractivity contribution in [3.63, 3.8) is 0 Å². The van der Waals surface area contributed by atoms with Gasteiger partial charge >= 0.3 is 0 Å². The second kappa shape index (κ2) is 8.57. The molecule has 1 rings (SSSR count). The quantitative estimate of drug-likeness (QED) is 0.708. The fraction of sp³-hybridized carbons (Fsp3) is 0.938. The molecule has 19 heavy (non-hydrogen) atoms. The average Bonchev–Trinajstić information content (AvgIpc) is 2.36. The van der Waals surface area contributed by atoms with Crippen molar-refractivity contribution in [1.29, 1.82) is 0 Å². The lowest BCUT2D eigenvalue weighted by Gasteiger charge is -2.33. The minimum atomic E-state index is 0.330. The molecule has 1 unspecified atom stereocenters. The Hall–Kier alpha value is -0.570. The fourth-order valence-corrected chi connectivity index (χ4v) is 3.04. The van der Waals surface area contributed by atoms with Crippen molar-refractivity contribution in [3.8, 4) is 0 Å². The van der Waals surface area contributed by atoms with Crippen LogP contribution in [-0.4, -0.2) is 47.9 Å². The Morgan fingerprint density at radius 2 is 1.79 bits per heavy atom. The molecule has 0 bridgehead atoms. The fourth-order valence-electron chi connectivity index (χ4n) is 3.04. The van der Waals surface area contributed by atoms with Crippen LogP contribution in [0.4, 0.5) is 0 Å². The highest BCUT2D eigenvalue weighted by Crippen LogP contribution is 2.14. The second-order valence-corrected chi connectivity index (χ2v) is 6.40. The van der Waals surface area contributed by atoms with Gasteiger partial charge in [-0.2, -0.15) is 0 Å². The summed E-state index contributed by atoms with van der Waals surface area (Å²) in [7, 11) is 0. The smallest absolute Gasteiger partial charge is 0.236 e. The third kappa shape index (κ3) is 5.94. The Kier molecular flexibility index (Phi) is 7.44. The van der Waals surface area contributed by atoms with Crippen LogP contribution in [0, 0.1) is 5.92 Å². The summed E-state index contributed by atoms with van der Waals surface area (Å²) in [5.41, 5.74) is 0. The van der Waals surface area contributed by atoms with Gasteiger partial charge in [-0.05, 0) is 51.6 Å². The number of piperidine rings is 1. The van der Waals surface area contributed by atoms with Gasteiger partial charge < -0.3 is 4.90 Å². The van der Waals surface area contributed by atoms with E-state index in [2.05, 4.69) is 37.5 Å². The van der Waals surface area contributed by atoms with Crippen molar-refractivity contribution in [3.05, 3.63) is 0 Å². The first kappa shape index (κ1) is 16.5. The number of hydrogen-bond acceptors (Lipinski definition) is 2. The molecule has 0 N–H and O–H groups in total. The van der Waals surface area contributed by atoms with Gasteiger partial charge in [0.15, 0.2) is 0 Å². The molecule has 1 aliphatic rings. The Bertz CT molecular complexity index is 259. The number of carbonyl (C=O) groups is 1. The van der Waals surface area contributed by atoms with E-state index < -0.39 is 0 Å². The zero-order valence-electron chi connectivity index (χ0n) is 13.3. The summed E-state index contributed by atoms with van der Waals surface area (Å²) in [6.45, 7) is 12.6. The van der Waals surface area contributed by atoms with Gasteiger partial charge in [0.25, 0.3) is 0 Å². The van der Waals surface area contributed by atoms with Crippen LogP contribution in [0.1, 0.15) is 59.8 Å². The molecular formula is C16H32N2O. The summed E-state index contributed by atoms with van der Waals surface area (Å²) in [6.07, 6.45) is 5.98. The SMILES string of the molecule is CCCN(C(=O)CN1CCCCC1)C(C)CC(C)C. The van der Waals surface area contributed by atoms with Crippen molar-refractivity contribution in [1.82, 2.24) is 9.80 Å². The lowest BCUT2D eigenvalue weighted by molar-refractivity contribution is -0.135. The monoisotopic (exact) mass is 268 g/mol. The summed E-state index contributed by atoms with van der Waals surface area (Å²) >= 11 is 0. The minimum Gasteiger partial charge on any atom is -0.339 e. The van der Waals surface area contributed by atoms with Crippen LogP contribution in [0.3, 0.4) is 0 Å². The van der Waals surface area contributed by atoms with Crippen LogP contribution in [0.25, 0.3) is 0 Å². The molecule has 0 radical (unpaired) electrons. The first-order valence-electron chi connectivity index (χ1n) is 8.06. The van der Waals surface area contributed by atoms with Gasteiger partial charge in [-0.1, -0.05) is 27.2 Å². The van der Waals surface area contributed by atoms with E-state index in [0.29, 0.717) is 24.4 Å². The lowest BCUT2D eigenvalue weighted by atomic mass is 10.0. The van der Waals surface area contributed by atoms with Crippen molar-refractivity contribution in [2.45, 2.75) is 65.8 Å². The van der Waals surface area contributed by atoms with E-state index in [1.54, 1.807) is 0 Å². The van der Waals surface area contributed by atoms with Crippen molar-refractivity contribution < 1.29 is 4.79 Å². The van der Waals surface area contributed by atoms with E-state index in [0.717, 1.165) is 32.5 Å². The molecule has 0 aromatic heterocycles. The number of likely N-dealkylation sites (tertiary alicyclic amines) is 1. The predicted molar refractivity (Wildman–Crippen MR) is 81.2 cm³/mol. The first-order chi connectivity index (χ1) is 9.04. The van der Waals surface area contributed by atoms with E-state index in [1.165, 1.54) is 19.3 Å². The maximum absolute atomic E-state index is 12.5. The van der Waals surface area contributed by atoms with Gasteiger partial charge in [-0.25, -0.2) is 0 Å². The van der Waals surface area contributed by atoms with Gasteiger partial charge in [0.1, 0.15) is 0 Å². The highest BCUT2D eigenvalue weighted by atomic mass is 16.2. The molecule has 1 fully saturated rings. The van der Waals surface area contributed by atoms with E-state index in [9.17, 15) is 4.79 Å². The Labute approximate surface area is 119 Å². The van der Waals surface area contributed by atoms with Crippen molar-refractivity contribution in [2.75, 3.05) is 26.2 Å². The molecule has 1 heterocycles. The first-order valence-corrected chi connectivity index (χ1v) is 8.06. The van der Waals surface area contributed by atoms with Crippen LogP contribution in [0.5, 0.6) is 0 Å². The van der Waals surface area contributed by atoms with Crippen LogP contribution < -0.4 is 0 Å². The molecule has 112 valence electrons. The van der Waals surface area contributed by atoms with Gasteiger partial charge in [0.05, 0.1) is 6.54 Å². The average molecular weight is 268 g/mol. The maximum Gasteiger partial charge on any atom is 0.236 e. The molecule has 0 saturated carbocycles. The Balaban J connectivity index is 2.50. The summed E-state index contributed by atoms with van der Waals surface area (Å²) in [5.74, 6) is 0.981. The molecule has 0 spiro atoms. The zero-order chi connectivity index (χ0) is 14.3. The van der Waals surface area contributed by atoms with E-state index in [-0.39, 0.29) is 0 Å². The van der Waals surface area contributed by atoms with Crippen molar-refractivity contribution >= 4 is 5.91 Å². The van der Waals surface area contributed by atoms with Crippen LogP contribution in [-0.2, 0) is 4.79 Å². The van der Waals surface area contributed by atoms with Crippen molar-refractivity contribution in [2.24, 2.45) is 5.92 Å². The molecule has 0 aromatic rings. The summed E-state index contributed by atoms with van der Waals surface area (Å²) in [4.78, 5) is 16.9. The van der Waals surface area contributed by atoms with E-state index in [1.807, 2.05) is 0 Å². The van der Waals surface area contributed by atoms with E-state index >= 15 is 0 Å². The highest BCUT2D eigenvalue weighted by Gasteiger charge is 2.22. The molecule has 1 amide bonds. The Morgan fingerprint density at radius 3 is 2.32 bits per heavy atom. The molecule has 1 saturated heterocycles. The molecule has 0 aliphatic carbocycles. The second-order valence-electron chi connectivity index (χ2n) is 6.40. The number of amides is 1. The van der Waals surface area contributed by atoms with Gasteiger partial charge in [-0.15, -0.1) is 0 Å². The number of nitrogens with zero attached hydrogens (tertiary/aromatic N) is 2. The minimum absolute atomic E-state index is 0.330. The molecule has 3 heteroatoms. The molecule has 1 aliphatic heterocycles. The standard InChI is InChI=1S/C16H32N2O/c1-5-9-18(15(4)12-14(2)3)16(19)13-17-10-7-6-8-11-17/h14-15H,5-13H2,1-4H3. The topological polar surface area (TPSA) is 23.6 Å².